The average molecular weight is 431 g/mol. The van der Waals surface area contributed by atoms with E-state index in [1.54, 1.807) is 0 Å². The van der Waals surface area contributed by atoms with E-state index in [-0.39, 0.29) is 0 Å². The summed E-state index contributed by atoms with van der Waals surface area (Å²) in [5, 5.41) is 2.84. The highest BCUT2D eigenvalue weighted by Gasteiger charge is 2.14. The fraction of sp³-hybridized carbons (Fsp3) is 0. The molecule has 0 spiro atoms. The van der Waals surface area contributed by atoms with E-state index in [1.807, 2.05) is 36.4 Å². The zero-order valence-corrected chi connectivity index (χ0v) is 18.0. The van der Waals surface area contributed by atoms with Gasteiger partial charge in [0.1, 0.15) is 11.2 Å². The highest BCUT2D eigenvalue weighted by atomic mass is 35.5. The van der Waals surface area contributed by atoms with Gasteiger partial charge in [-0.2, -0.15) is 0 Å². The van der Waals surface area contributed by atoms with Crippen molar-refractivity contribution in [3.05, 3.63) is 120 Å². The van der Waals surface area contributed by atoms with Gasteiger partial charge in [-0.25, -0.2) is 0 Å². The second kappa shape index (κ2) is 7.71. The van der Waals surface area contributed by atoms with E-state index in [9.17, 15) is 0 Å². The molecule has 0 radical (unpaired) electrons. The van der Waals surface area contributed by atoms with Crippen molar-refractivity contribution in [1.82, 2.24) is 0 Å². The lowest BCUT2D eigenvalue weighted by atomic mass is 9.96. The fourth-order valence-corrected chi connectivity index (χ4v) is 4.58. The van der Waals surface area contributed by atoms with Gasteiger partial charge >= 0.3 is 0 Å². The Kier molecular flexibility index (Phi) is 4.56. The van der Waals surface area contributed by atoms with Crippen LogP contribution in [-0.4, -0.2) is 0 Å². The Morgan fingerprint density at radius 1 is 0.469 bits per heavy atom. The molecule has 152 valence electrons. The van der Waals surface area contributed by atoms with Crippen LogP contribution < -0.4 is 0 Å². The van der Waals surface area contributed by atoms with Crippen LogP contribution in [0.5, 0.6) is 0 Å². The predicted octanol–water partition coefficient (Wildman–Crippen LogP) is 9.24. The van der Waals surface area contributed by atoms with Gasteiger partial charge in [0.05, 0.1) is 0 Å². The first-order valence-electron chi connectivity index (χ1n) is 10.6. The second-order valence-corrected chi connectivity index (χ2v) is 8.39. The number of benzene rings is 5. The van der Waals surface area contributed by atoms with Crippen LogP contribution in [0.3, 0.4) is 0 Å². The number of furan rings is 1. The quantitative estimate of drug-likeness (QED) is 0.272. The van der Waals surface area contributed by atoms with Gasteiger partial charge in [-0.15, -0.1) is 0 Å². The molecule has 1 nitrogen and oxygen atoms in total. The Morgan fingerprint density at radius 3 is 1.88 bits per heavy atom. The summed E-state index contributed by atoms with van der Waals surface area (Å²) < 4.78 is 6.21. The molecule has 0 saturated heterocycles. The van der Waals surface area contributed by atoms with Crippen molar-refractivity contribution in [2.24, 2.45) is 0 Å². The second-order valence-electron chi connectivity index (χ2n) is 7.95. The first-order chi connectivity index (χ1) is 15.8. The molecule has 0 aliphatic carbocycles. The zero-order valence-electron chi connectivity index (χ0n) is 17.3. The fourth-order valence-electron chi connectivity index (χ4n) is 4.36. The van der Waals surface area contributed by atoms with Gasteiger partial charge in [0.2, 0.25) is 0 Å². The Morgan fingerprint density at radius 2 is 1.09 bits per heavy atom. The molecule has 2 heteroatoms. The van der Waals surface area contributed by atoms with Crippen LogP contribution in [0.15, 0.2) is 120 Å². The van der Waals surface area contributed by atoms with Gasteiger partial charge in [-0.05, 0) is 52.1 Å². The monoisotopic (exact) mass is 430 g/mol. The predicted molar refractivity (Wildman–Crippen MR) is 135 cm³/mol. The van der Waals surface area contributed by atoms with Gasteiger partial charge in [0.25, 0.3) is 0 Å². The lowest BCUT2D eigenvalue weighted by molar-refractivity contribution is 0.670. The van der Waals surface area contributed by atoms with Gasteiger partial charge in [0, 0.05) is 21.4 Å². The lowest BCUT2D eigenvalue weighted by Gasteiger charge is -2.08. The molecule has 0 saturated carbocycles. The van der Waals surface area contributed by atoms with Crippen LogP contribution in [0.4, 0.5) is 0 Å². The van der Waals surface area contributed by atoms with E-state index in [1.165, 1.54) is 22.3 Å². The minimum absolute atomic E-state index is 0.707. The summed E-state index contributed by atoms with van der Waals surface area (Å²) in [6.45, 7) is 0. The third-order valence-electron chi connectivity index (χ3n) is 5.94. The van der Waals surface area contributed by atoms with Crippen LogP contribution in [0.1, 0.15) is 0 Å². The summed E-state index contributed by atoms with van der Waals surface area (Å²) in [7, 11) is 0. The molecule has 0 N–H and O–H groups in total. The number of hydrogen-bond donors (Lipinski definition) is 0. The van der Waals surface area contributed by atoms with E-state index >= 15 is 0 Å². The molecule has 6 rings (SSSR count). The Balaban J connectivity index is 1.42. The highest BCUT2D eigenvalue weighted by Crippen LogP contribution is 2.38. The maximum absolute atomic E-state index is 6.49. The number of hydrogen-bond acceptors (Lipinski definition) is 1. The minimum atomic E-state index is 0.707. The third-order valence-corrected chi connectivity index (χ3v) is 6.16. The SMILES string of the molecule is Clc1cc(-c2ccc(-c3cccc(-c4ccccc4)c3)cc2)c2oc3ccccc3c2c1. The molecule has 0 unspecified atom stereocenters. The number of halogens is 1. The van der Waals surface area contributed by atoms with Crippen molar-refractivity contribution in [3.8, 4) is 33.4 Å². The van der Waals surface area contributed by atoms with Crippen LogP contribution in [-0.2, 0) is 0 Å². The summed E-state index contributed by atoms with van der Waals surface area (Å²) >= 11 is 6.49. The molecule has 0 fully saturated rings. The maximum atomic E-state index is 6.49. The van der Waals surface area contributed by atoms with Crippen molar-refractivity contribution in [2.75, 3.05) is 0 Å². The Hall–Kier alpha value is -3.81. The van der Waals surface area contributed by atoms with Gasteiger partial charge < -0.3 is 4.42 Å². The highest BCUT2D eigenvalue weighted by molar-refractivity contribution is 6.32. The molecule has 6 aromatic rings. The van der Waals surface area contributed by atoms with E-state index in [4.69, 9.17) is 16.0 Å². The standard InChI is InChI=1S/C30H19ClO/c31-25-18-27(30-28(19-25)26-11-4-5-12-29(26)32-30)22-15-13-21(14-16-22)24-10-6-9-23(17-24)20-7-2-1-3-8-20/h1-19H. The van der Waals surface area contributed by atoms with E-state index in [2.05, 4.69) is 78.9 Å². The number of rotatable bonds is 3. The van der Waals surface area contributed by atoms with Crippen molar-refractivity contribution in [1.29, 1.82) is 0 Å². The summed E-state index contributed by atoms with van der Waals surface area (Å²) in [5.41, 5.74) is 8.64. The van der Waals surface area contributed by atoms with Crippen molar-refractivity contribution in [3.63, 3.8) is 0 Å². The zero-order chi connectivity index (χ0) is 21.5. The molecular formula is C30H19ClO. The van der Waals surface area contributed by atoms with Crippen molar-refractivity contribution >= 4 is 33.5 Å². The van der Waals surface area contributed by atoms with Crippen LogP contribution in [0.25, 0.3) is 55.3 Å². The third kappa shape index (κ3) is 3.28. The van der Waals surface area contributed by atoms with E-state index < -0.39 is 0 Å². The summed E-state index contributed by atoms with van der Waals surface area (Å²) in [6.07, 6.45) is 0. The molecule has 0 aliphatic heterocycles. The molecule has 5 aromatic carbocycles. The Bertz CT molecular complexity index is 1560. The maximum Gasteiger partial charge on any atom is 0.143 e. The first kappa shape index (κ1) is 18.9. The summed E-state index contributed by atoms with van der Waals surface area (Å²) in [5.74, 6) is 0. The molecule has 0 aliphatic rings. The number of para-hydroxylation sites is 1. The molecule has 0 bridgehead atoms. The van der Waals surface area contributed by atoms with E-state index in [0.717, 1.165) is 33.1 Å². The van der Waals surface area contributed by atoms with Crippen molar-refractivity contribution < 1.29 is 4.42 Å². The van der Waals surface area contributed by atoms with Crippen LogP contribution in [0, 0.1) is 0 Å². The van der Waals surface area contributed by atoms with Crippen molar-refractivity contribution in [2.45, 2.75) is 0 Å². The number of fused-ring (bicyclic) bond motifs is 3. The lowest BCUT2D eigenvalue weighted by Crippen LogP contribution is -1.83. The Labute approximate surface area is 191 Å². The smallest absolute Gasteiger partial charge is 0.143 e. The minimum Gasteiger partial charge on any atom is -0.455 e. The van der Waals surface area contributed by atoms with Crippen LogP contribution in [0.2, 0.25) is 5.02 Å². The van der Waals surface area contributed by atoms with Gasteiger partial charge in [-0.1, -0.05) is 103 Å². The van der Waals surface area contributed by atoms with Crippen LogP contribution >= 0.6 is 11.6 Å². The van der Waals surface area contributed by atoms with Gasteiger partial charge in [-0.3, -0.25) is 0 Å². The van der Waals surface area contributed by atoms with E-state index in [0.29, 0.717) is 5.02 Å². The van der Waals surface area contributed by atoms with Gasteiger partial charge in [0.15, 0.2) is 0 Å². The topological polar surface area (TPSA) is 13.1 Å². The molecule has 0 amide bonds. The summed E-state index contributed by atoms with van der Waals surface area (Å²) in [6, 6.07) is 39.8. The molecule has 1 aromatic heterocycles. The molecule has 0 atom stereocenters. The molecule has 1 heterocycles. The summed E-state index contributed by atoms with van der Waals surface area (Å²) in [4.78, 5) is 0. The molecular weight excluding hydrogens is 412 g/mol. The average Bonchev–Trinajstić information content (AvgIpc) is 3.23. The first-order valence-corrected chi connectivity index (χ1v) is 11.0. The molecule has 32 heavy (non-hydrogen) atoms. The normalized spacial score (nSPS) is 11.3. The largest absolute Gasteiger partial charge is 0.455 e.